The highest BCUT2D eigenvalue weighted by Crippen LogP contribution is 2.18. The zero-order valence-corrected chi connectivity index (χ0v) is 9.60. The van der Waals surface area contributed by atoms with Gasteiger partial charge < -0.3 is 15.2 Å². The third-order valence-corrected chi connectivity index (χ3v) is 2.37. The largest absolute Gasteiger partial charge is 0.382 e. The summed E-state index contributed by atoms with van der Waals surface area (Å²) in [6.07, 6.45) is -0.157. The van der Waals surface area contributed by atoms with Crippen molar-refractivity contribution < 1.29 is 14.3 Å². The standard InChI is InChI=1S/C12H17NO3/c1-15-8-12(16-2)10-5-3-4-9(6-10)11(14)7-13/h3-6,12H,7-8,13H2,1-2H3. The Morgan fingerprint density at radius 2 is 2.19 bits per heavy atom. The summed E-state index contributed by atoms with van der Waals surface area (Å²) < 4.78 is 10.3. The van der Waals surface area contributed by atoms with Crippen LogP contribution in [0.3, 0.4) is 0 Å². The fourth-order valence-electron chi connectivity index (χ4n) is 1.48. The van der Waals surface area contributed by atoms with E-state index in [-0.39, 0.29) is 18.4 Å². The van der Waals surface area contributed by atoms with Gasteiger partial charge in [-0.25, -0.2) is 0 Å². The van der Waals surface area contributed by atoms with Crippen LogP contribution in [0.5, 0.6) is 0 Å². The van der Waals surface area contributed by atoms with Crippen molar-refractivity contribution in [2.24, 2.45) is 5.73 Å². The molecule has 0 aromatic heterocycles. The van der Waals surface area contributed by atoms with Gasteiger partial charge in [-0.2, -0.15) is 0 Å². The topological polar surface area (TPSA) is 61.5 Å². The van der Waals surface area contributed by atoms with E-state index in [0.717, 1.165) is 5.56 Å². The maximum absolute atomic E-state index is 11.4. The summed E-state index contributed by atoms with van der Waals surface area (Å²) >= 11 is 0. The number of Topliss-reactive ketones (excluding diaryl/α,β-unsaturated/α-hetero) is 1. The van der Waals surface area contributed by atoms with Crippen molar-refractivity contribution in [2.45, 2.75) is 6.10 Å². The second kappa shape index (κ2) is 6.37. The molecule has 0 fully saturated rings. The molecule has 0 saturated carbocycles. The quantitative estimate of drug-likeness (QED) is 0.735. The lowest BCUT2D eigenvalue weighted by Gasteiger charge is -2.15. The van der Waals surface area contributed by atoms with Crippen LogP contribution in [0.1, 0.15) is 22.0 Å². The number of hydrogen-bond donors (Lipinski definition) is 1. The summed E-state index contributed by atoms with van der Waals surface area (Å²) in [6.45, 7) is 0.474. The van der Waals surface area contributed by atoms with E-state index >= 15 is 0 Å². The Hall–Kier alpha value is -1.23. The molecule has 0 aliphatic carbocycles. The lowest BCUT2D eigenvalue weighted by Crippen LogP contribution is -2.15. The zero-order valence-electron chi connectivity index (χ0n) is 9.60. The van der Waals surface area contributed by atoms with Gasteiger partial charge in [0.05, 0.1) is 13.2 Å². The van der Waals surface area contributed by atoms with E-state index in [4.69, 9.17) is 15.2 Å². The molecule has 0 saturated heterocycles. The number of methoxy groups -OCH3 is 2. The van der Waals surface area contributed by atoms with Gasteiger partial charge in [0.15, 0.2) is 5.78 Å². The maximum atomic E-state index is 11.4. The van der Waals surface area contributed by atoms with Crippen molar-refractivity contribution in [1.29, 1.82) is 0 Å². The molecule has 0 aliphatic rings. The number of ether oxygens (including phenoxy) is 2. The number of carbonyl (C=O) groups is 1. The first-order valence-corrected chi connectivity index (χ1v) is 5.08. The van der Waals surface area contributed by atoms with Crippen LogP contribution < -0.4 is 5.73 Å². The number of ketones is 1. The van der Waals surface area contributed by atoms with E-state index in [2.05, 4.69) is 0 Å². The molecule has 0 radical (unpaired) electrons. The Morgan fingerprint density at radius 1 is 1.44 bits per heavy atom. The molecule has 0 amide bonds. The summed E-state index contributed by atoms with van der Waals surface area (Å²) in [6, 6.07) is 7.26. The van der Waals surface area contributed by atoms with Crippen molar-refractivity contribution in [3.8, 4) is 0 Å². The molecular formula is C12H17NO3. The van der Waals surface area contributed by atoms with Crippen LogP contribution in [0.15, 0.2) is 24.3 Å². The molecule has 88 valence electrons. The molecule has 0 aliphatic heterocycles. The maximum Gasteiger partial charge on any atom is 0.176 e. The van der Waals surface area contributed by atoms with E-state index in [1.165, 1.54) is 0 Å². The predicted octanol–water partition coefficient (Wildman–Crippen LogP) is 1.16. The third kappa shape index (κ3) is 3.13. The molecule has 1 unspecified atom stereocenters. The summed E-state index contributed by atoms with van der Waals surface area (Å²) in [7, 11) is 3.22. The molecule has 1 atom stereocenters. The zero-order chi connectivity index (χ0) is 12.0. The summed E-state index contributed by atoms with van der Waals surface area (Å²) in [5.41, 5.74) is 6.85. The first kappa shape index (κ1) is 12.8. The van der Waals surface area contributed by atoms with E-state index in [0.29, 0.717) is 12.2 Å². The van der Waals surface area contributed by atoms with Crippen molar-refractivity contribution in [2.75, 3.05) is 27.4 Å². The van der Waals surface area contributed by atoms with Gasteiger partial charge in [0, 0.05) is 19.8 Å². The van der Waals surface area contributed by atoms with Gasteiger partial charge in [-0.15, -0.1) is 0 Å². The molecule has 4 heteroatoms. The van der Waals surface area contributed by atoms with Crippen LogP contribution in [0, 0.1) is 0 Å². The lowest BCUT2D eigenvalue weighted by atomic mass is 10.0. The summed E-state index contributed by atoms with van der Waals surface area (Å²) in [4.78, 5) is 11.4. The van der Waals surface area contributed by atoms with Gasteiger partial charge in [0.2, 0.25) is 0 Å². The average molecular weight is 223 g/mol. The van der Waals surface area contributed by atoms with Crippen molar-refractivity contribution in [3.63, 3.8) is 0 Å². The van der Waals surface area contributed by atoms with Gasteiger partial charge in [0.25, 0.3) is 0 Å². The normalized spacial score (nSPS) is 12.4. The minimum absolute atomic E-state index is 0.0192. The molecule has 0 spiro atoms. The fraction of sp³-hybridized carbons (Fsp3) is 0.417. The fourth-order valence-corrected chi connectivity index (χ4v) is 1.48. The first-order chi connectivity index (χ1) is 7.72. The van der Waals surface area contributed by atoms with Crippen LogP contribution in [0.2, 0.25) is 0 Å². The van der Waals surface area contributed by atoms with E-state index in [9.17, 15) is 4.79 Å². The minimum atomic E-state index is -0.157. The average Bonchev–Trinajstić information content (AvgIpc) is 2.35. The van der Waals surface area contributed by atoms with Crippen LogP contribution in [-0.4, -0.2) is 33.2 Å². The summed E-state index contributed by atoms with van der Waals surface area (Å²) in [5.74, 6) is -0.0749. The Labute approximate surface area is 95.3 Å². The number of carbonyl (C=O) groups excluding carboxylic acids is 1. The van der Waals surface area contributed by atoms with Crippen molar-refractivity contribution in [1.82, 2.24) is 0 Å². The number of hydrogen-bond acceptors (Lipinski definition) is 4. The highest BCUT2D eigenvalue weighted by Gasteiger charge is 2.12. The minimum Gasteiger partial charge on any atom is -0.382 e. The molecule has 16 heavy (non-hydrogen) atoms. The van der Waals surface area contributed by atoms with E-state index in [1.54, 1.807) is 26.4 Å². The molecule has 1 rings (SSSR count). The monoisotopic (exact) mass is 223 g/mol. The van der Waals surface area contributed by atoms with Crippen LogP contribution in [-0.2, 0) is 9.47 Å². The number of nitrogens with two attached hydrogens (primary N) is 1. The molecule has 4 nitrogen and oxygen atoms in total. The van der Waals surface area contributed by atoms with Gasteiger partial charge in [0.1, 0.15) is 6.10 Å². The third-order valence-electron chi connectivity index (χ3n) is 2.37. The van der Waals surface area contributed by atoms with Crippen molar-refractivity contribution >= 4 is 5.78 Å². The Kier molecular flexibility index (Phi) is 5.11. The molecule has 0 heterocycles. The smallest absolute Gasteiger partial charge is 0.176 e. The number of benzene rings is 1. The Bertz CT molecular complexity index is 352. The Balaban J connectivity index is 2.92. The van der Waals surface area contributed by atoms with Crippen LogP contribution >= 0.6 is 0 Å². The second-order valence-electron chi connectivity index (χ2n) is 3.43. The molecule has 1 aromatic carbocycles. The lowest BCUT2D eigenvalue weighted by molar-refractivity contribution is 0.0274. The predicted molar refractivity (Wildman–Crippen MR) is 61.5 cm³/mol. The number of rotatable bonds is 6. The molecule has 0 bridgehead atoms. The summed E-state index contributed by atoms with van der Waals surface area (Å²) in [5, 5.41) is 0. The van der Waals surface area contributed by atoms with Crippen LogP contribution in [0.4, 0.5) is 0 Å². The van der Waals surface area contributed by atoms with Gasteiger partial charge in [-0.3, -0.25) is 4.79 Å². The van der Waals surface area contributed by atoms with E-state index < -0.39 is 0 Å². The first-order valence-electron chi connectivity index (χ1n) is 5.08. The molecule has 2 N–H and O–H groups in total. The molecule has 1 aromatic rings. The highest BCUT2D eigenvalue weighted by atomic mass is 16.5. The molecular weight excluding hydrogens is 206 g/mol. The van der Waals surface area contributed by atoms with Crippen molar-refractivity contribution in [3.05, 3.63) is 35.4 Å². The SMILES string of the molecule is COCC(OC)c1cccc(C(=O)CN)c1. The van der Waals surface area contributed by atoms with Gasteiger partial charge in [-0.1, -0.05) is 18.2 Å². The second-order valence-corrected chi connectivity index (χ2v) is 3.43. The van der Waals surface area contributed by atoms with Crippen LogP contribution in [0.25, 0.3) is 0 Å². The van der Waals surface area contributed by atoms with Gasteiger partial charge in [-0.05, 0) is 11.6 Å². The van der Waals surface area contributed by atoms with E-state index in [1.807, 2.05) is 12.1 Å². The van der Waals surface area contributed by atoms with Gasteiger partial charge >= 0.3 is 0 Å². The Morgan fingerprint density at radius 3 is 2.75 bits per heavy atom. The highest BCUT2D eigenvalue weighted by molar-refractivity contribution is 5.97.